The van der Waals surface area contributed by atoms with Gasteiger partial charge in [-0.1, -0.05) is 59.3 Å². The molecule has 0 aromatic heterocycles. The molecule has 0 radical (unpaired) electrons. The minimum atomic E-state index is -0.838. The number of benzene rings is 3. The number of carboxylic acids is 1. The molecule has 4 rings (SSSR count). The van der Waals surface area contributed by atoms with E-state index >= 15 is 0 Å². The van der Waals surface area contributed by atoms with Gasteiger partial charge in [-0.05, 0) is 60.0 Å². The number of nitrogens with one attached hydrogen (secondary N) is 3. The number of fused-ring (bicyclic) bond motifs is 1. The maximum Gasteiger partial charge on any atom is 0.303 e. The van der Waals surface area contributed by atoms with Gasteiger partial charge >= 0.3 is 5.97 Å². The molecule has 4 N–H and O–H groups in total. The molecule has 6 nitrogen and oxygen atoms in total. The molecule has 174 valence electrons. The van der Waals surface area contributed by atoms with E-state index in [1.54, 1.807) is 0 Å². The number of aryl methyl sites for hydroxylation is 1. The fraction of sp³-hybridized carbons (Fsp3) is 0.185. The van der Waals surface area contributed by atoms with E-state index < -0.39 is 5.97 Å². The molecule has 1 aliphatic rings. The third-order valence-electron chi connectivity index (χ3n) is 5.62. The number of hydrogen-bond donors (Lipinski definition) is 4. The molecule has 1 amide bonds. The van der Waals surface area contributed by atoms with E-state index in [4.69, 9.17) is 5.11 Å². The van der Waals surface area contributed by atoms with Crippen LogP contribution in [0.4, 0.5) is 11.4 Å². The average Bonchev–Trinajstić information content (AvgIpc) is 3.15. The molecule has 1 aliphatic heterocycles. The first-order valence-electron chi connectivity index (χ1n) is 11.2. The van der Waals surface area contributed by atoms with Crippen molar-refractivity contribution in [2.45, 2.75) is 26.3 Å². The van der Waals surface area contributed by atoms with Crippen LogP contribution in [0.15, 0.2) is 71.2 Å². The third kappa shape index (κ3) is 5.55. The summed E-state index contributed by atoms with van der Waals surface area (Å²) in [5, 5.41) is 18.8. The van der Waals surface area contributed by atoms with Gasteiger partial charge in [-0.2, -0.15) is 0 Å². The SMILES string of the molecule is CCNCc1ccc(N/C(=C2\C(=O)Nc3cc(Br)ccc32)c2cccc(CCC(=O)O)c2)cc1. The molecule has 0 atom stereocenters. The maximum absolute atomic E-state index is 13.1. The zero-order valence-electron chi connectivity index (χ0n) is 18.8. The van der Waals surface area contributed by atoms with Crippen LogP contribution in [0.3, 0.4) is 0 Å². The van der Waals surface area contributed by atoms with Gasteiger partial charge in [0.15, 0.2) is 0 Å². The minimum absolute atomic E-state index is 0.0490. The van der Waals surface area contributed by atoms with Crippen molar-refractivity contribution in [1.29, 1.82) is 0 Å². The van der Waals surface area contributed by atoms with Gasteiger partial charge in [0.05, 0.1) is 17.0 Å². The van der Waals surface area contributed by atoms with E-state index in [0.29, 0.717) is 17.7 Å². The van der Waals surface area contributed by atoms with Crippen LogP contribution in [0.25, 0.3) is 11.3 Å². The van der Waals surface area contributed by atoms with Crippen LogP contribution in [0.5, 0.6) is 0 Å². The summed E-state index contributed by atoms with van der Waals surface area (Å²) in [6.07, 6.45) is 0.466. The zero-order chi connectivity index (χ0) is 24.1. The van der Waals surface area contributed by atoms with Crippen LogP contribution in [0, 0.1) is 0 Å². The highest BCUT2D eigenvalue weighted by molar-refractivity contribution is 9.10. The molecule has 3 aromatic rings. The Morgan fingerprint density at radius 1 is 1.03 bits per heavy atom. The van der Waals surface area contributed by atoms with Crippen LogP contribution in [0.1, 0.15) is 35.6 Å². The Morgan fingerprint density at radius 2 is 1.82 bits per heavy atom. The predicted octanol–water partition coefficient (Wildman–Crippen LogP) is 5.51. The van der Waals surface area contributed by atoms with E-state index in [1.165, 1.54) is 5.56 Å². The molecule has 0 aliphatic carbocycles. The molecule has 0 spiro atoms. The van der Waals surface area contributed by atoms with Crippen molar-refractivity contribution in [3.05, 3.63) is 93.5 Å². The van der Waals surface area contributed by atoms with Gasteiger partial charge in [0.25, 0.3) is 5.91 Å². The summed E-state index contributed by atoms with van der Waals surface area (Å²) in [4.78, 5) is 24.2. The van der Waals surface area contributed by atoms with Crippen molar-refractivity contribution >= 4 is 50.5 Å². The Labute approximate surface area is 207 Å². The fourth-order valence-corrected chi connectivity index (χ4v) is 4.29. The van der Waals surface area contributed by atoms with E-state index in [0.717, 1.165) is 45.6 Å². The van der Waals surface area contributed by atoms with Gasteiger partial charge in [-0.15, -0.1) is 0 Å². The van der Waals surface area contributed by atoms with Crippen molar-refractivity contribution in [3.8, 4) is 0 Å². The Hall–Kier alpha value is -3.42. The zero-order valence-corrected chi connectivity index (χ0v) is 20.4. The van der Waals surface area contributed by atoms with Gasteiger partial charge in [0.1, 0.15) is 0 Å². The molecule has 34 heavy (non-hydrogen) atoms. The summed E-state index contributed by atoms with van der Waals surface area (Å²) < 4.78 is 0.884. The lowest BCUT2D eigenvalue weighted by Crippen LogP contribution is -2.12. The van der Waals surface area contributed by atoms with E-state index in [1.807, 2.05) is 54.6 Å². The lowest BCUT2D eigenvalue weighted by molar-refractivity contribution is -0.137. The number of anilines is 2. The number of carbonyl (C=O) groups is 2. The molecule has 1 heterocycles. The average molecular weight is 520 g/mol. The number of rotatable bonds is 9. The highest BCUT2D eigenvalue weighted by Crippen LogP contribution is 2.39. The third-order valence-corrected chi connectivity index (χ3v) is 6.12. The standard InChI is InChI=1S/C27H26BrN3O3/c1-2-29-16-18-6-10-21(11-7-18)30-26(19-5-3-4-17(14-19)8-13-24(32)33)25-22-12-9-20(28)15-23(22)31-27(25)34/h3-7,9-12,14-15,29-30H,2,8,13,16H2,1H3,(H,31,34)(H,32,33)/b26-25-. The number of carboxylic acid groups (broad SMARTS) is 1. The summed E-state index contributed by atoms with van der Waals surface area (Å²) in [5.74, 6) is -1.02. The second kappa shape index (κ2) is 10.7. The highest BCUT2D eigenvalue weighted by atomic mass is 79.9. The van der Waals surface area contributed by atoms with Crippen molar-refractivity contribution < 1.29 is 14.7 Å². The van der Waals surface area contributed by atoms with E-state index in [9.17, 15) is 9.59 Å². The van der Waals surface area contributed by atoms with Crippen molar-refractivity contribution in [2.75, 3.05) is 17.2 Å². The second-order valence-corrected chi connectivity index (χ2v) is 9.01. The molecule has 0 saturated heterocycles. The first-order chi connectivity index (χ1) is 16.4. The second-order valence-electron chi connectivity index (χ2n) is 8.09. The fourth-order valence-electron chi connectivity index (χ4n) is 3.93. The Balaban J connectivity index is 1.77. The highest BCUT2D eigenvalue weighted by Gasteiger charge is 2.28. The summed E-state index contributed by atoms with van der Waals surface area (Å²) in [5.41, 5.74) is 6.54. The van der Waals surface area contributed by atoms with Crippen LogP contribution < -0.4 is 16.0 Å². The van der Waals surface area contributed by atoms with Crippen molar-refractivity contribution in [1.82, 2.24) is 5.32 Å². The molecular formula is C27H26BrN3O3. The number of halogens is 1. The van der Waals surface area contributed by atoms with Crippen LogP contribution in [0.2, 0.25) is 0 Å². The number of amides is 1. The number of aliphatic carboxylic acids is 1. The van der Waals surface area contributed by atoms with Crippen LogP contribution in [-0.2, 0) is 22.6 Å². The van der Waals surface area contributed by atoms with Gasteiger partial charge in [-0.3, -0.25) is 9.59 Å². The Kier molecular flexibility index (Phi) is 7.45. The normalized spacial score (nSPS) is 13.9. The molecule has 0 fully saturated rings. The largest absolute Gasteiger partial charge is 0.481 e. The molecular weight excluding hydrogens is 494 g/mol. The predicted molar refractivity (Wildman–Crippen MR) is 139 cm³/mol. The Bertz CT molecular complexity index is 1250. The van der Waals surface area contributed by atoms with Crippen molar-refractivity contribution in [3.63, 3.8) is 0 Å². The maximum atomic E-state index is 13.1. The summed E-state index contributed by atoms with van der Waals surface area (Å²) in [7, 11) is 0. The summed E-state index contributed by atoms with van der Waals surface area (Å²) >= 11 is 3.47. The molecule has 0 unspecified atom stereocenters. The first-order valence-corrected chi connectivity index (χ1v) is 12.0. The lowest BCUT2D eigenvalue weighted by atomic mass is 9.97. The number of carbonyl (C=O) groups excluding carboxylic acids is 1. The number of hydrogen-bond acceptors (Lipinski definition) is 4. The van der Waals surface area contributed by atoms with Gasteiger partial charge < -0.3 is 21.1 Å². The molecule has 0 bridgehead atoms. The van der Waals surface area contributed by atoms with Gasteiger partial charge in [0.2, 0.25) is 0 Å². The topological polar surface area (TPSA) is 90.5 Å². The monoisotopic (exact) mass is 519 g/mol. The van der Waals surface area contributed by atoms with Crippen molar-refractivity contribution in [2.24, 2.45) is 0 Å². The van der Waals surface area contributed by atoms with Crippen LogP contribution in [-0.4, -0.2) is 23.5 Å². The molecule has 7 heteroatoms. The minimum Gasteiger partial charge on any atom is -0.481 e. The summed E-state index contributed by atoms with van der Waals surface area (Å²) in [6.45, 7) is 3.77. The molecule has 0 saturated carbocycles. The lowest BCUT2D eigenvalue weighted by Gasteiger charge is -2.16. The Morgan fingerprint density at radius 3 is 2.56 bits per heavy atom. The molecule has 3 aromatic carbocycles. The first kappa shape index (κ1) is 23.7. The van der Waals surface area contributed by atoms with Gasteiger partial charge in [-0.25, -0.2) is 0 Å². The summed E-state index contributed by atoms with van der Waals surface area (Å²) in [6, 6.07) is 21.5. The van der Waals surface area contributed by atoms with Crippen LogP contribution >= 0.6 is 15.9 Å². The van der Waals surface area contributed by atoms with E-state index in [2.05, 4.69) is 50.9 Å². The quantitative estimate of drug-likeness (QED) is 0.280. The van der Waals surface area contributed by atoms with Gasteiger partial charge in [0, 0.05) is 28.7 Å². The van der Waals surface area contributed by atoms with E-state index in [-0.39, 0.29) is 12.3 Å². The smallest absolute Gasteiger partial charge is 0.303 e.